The number of carboxylic acid groups (broad SMARTS) is 1. The molecule has 3 rings (SSSR count). The molecule has 0 aliphatic rings. The Hall–Kier alpha value is -2.62. The number of nitrogens with one attached hydrogen (secondary N) is 2. The van der Waals surface area contributed by atoms with E-state index in [-0.39, 0.29) is 5.56 Å². The van der Waals surface area contributed by atoms with E-state index in [1.807, 2.05) is 18.2 Å². The van der Waals surface area contributed by atoms with E-state index in [2.05, 4.69) is 4.98 Å². The Bertz CT molecular complexity index is 834. The molecular formula is C14H10N2O2. The van der Waals surface area contributed by atoms with Gasteiger partial charge in [0.15, 0.2) is 0 Å². The van der Waals surface area contributed by atoms with Crippen molar-refractivity contribution in [3.8, 4) is 0 Å². The van der Waals surface area contributed by atoms with Crippen LogP contribution in [-0.2, 0) is 0 Å². The van der Waals surface area contributed by atoms with Gasteiger partial charge in [-0.2, -0.15) is 0 Å². The molecule has 0 saturated carbocycles. The summed E-state index contributed by atoms with van der Waals surface area (Å²) in [6.45, 7) is 0. The van der Waals surface area contributed by atoms with Gasteiger partial charge in [0.05, 0.1) is 10.9 Å². The van der Waals surface area contributed by atoms with Gasteiger partial charge >= 0.3 is 5.97 Å². The first-order valence-electron chi connectivity index (χ1n) is 5.50. The fourth-order valence-electron chi connectivity index (χ4n) is 2.24. The fraction of sp³-hybridized carbons (Fsp3) is 0. The molecule has 1 heterocycles. The third-order valence-corrected chi connectivity index (χ3v) is 2.99. The van der Waals surface area contributed by atoms with Crippen LogP contribution in [0.1, 0.15) is 10.4 Å². The van der Waals surface area contributed by atoms with Crippen molar-refractivity contribution in [1.82, 2.24) is 4.98 Å². The zero-order valence-electron chi connectivity index (χ0n) is 9.40. The molecule has 0 unspecified atom stereocenters. The minimum atomic E-state index is -0.979. The van der Waals surface area contributed by atoms with Gasteiger partial charge in [-0.05, 0) is 24.3 Å². The van der Waals surface area contributed by atoms with E-state index in [1.165, 1.54) is 0 Å². The van der Waals surface area contributed by atoms with Crippen molar-refractivity contribution in [2.75, 3.05) is 0 Å². The molecule has 3 aromatic rings. The highest BCUT2D eigenvalue weighted by molar-refractivity contribution is 6.15. The lowest BCUT2D eigenvalue weighted by Gasteiger charge is -1.96. The second kappa shape index (κ2) is 3.70. The Kier molecular flexibility index (Phi) is 2.16. The van der Waals surface area contributed by atoms with E-state index in [0.29, 0.717) is 16.1 Å². The van der Waals surface area contributed by atoms with Crippen molar-refractivity contribution in [2.45, 2.75) is 0 Å². The van der Waals surface area contributed by atoms with E-state index >= 15 is 0 Å². The summed E-state index contributed by atoms with van der Waals surface area (Å²) in [6, 6.07) is 12.2. The lowest BCUT2D eigenvalue weighted by Crippen LogP contribution is -2.00. The molecule has 3 N–H and O–H groups in total. The number of carboxylic acids is 1. The second-order valence-corrected chi connectivity index (χ2v) is 4.08. The molecule has 0 aliphatic carbocycles. The molecule has 4 heteroatoms. The molecule has 2 aromatic carbocycles. The highest BCUT2D eigenvalue weighted by Gasteiger charge is 2.13. The maximum atomic E-state index is 11.3. The summed E-state index contributed by atoms with van der Waals surface area (Å²) >= 11 is 0. The van der Waals surface area contributed by atoms with Gasteiger partial charge in [0, 0.05) is 21.8 Å². The normalized spacial score (nSPS) is 10.9. The van der Waals surface area contributed by atoms with Crippen LogP contribution in [0.3, 0.4) is 0 Å². The smallest absolute Gasteiger partial charge is 0.336 e. The van der Waals surface area contributed by atoms with Crippen molar-refractivity contribution >= 4 is 27.8 Å². The van der Waals surface area contributed by atoms with Crippen molar-refractivity contribution in [3.05, 3.63) is 53.4 Å². The first-order valence-corrected chi connectivity index (χ1v) is 5.50. The average Bonchev–Trinajstić information content (AvgIpc) is 2.62. The van der Waals surface area contributed by atoms with Crippen LogP contribution in [0, 0.1) is 5.41 Å². The Balaban J connectivity index is 2.68. The molecule has 0 aliphatic heterocycles. The average molecular weight is 238 g/mol. The van der Waals surface area contributed by atoms with Crippen LogP contribution in [0.2, 0.25) is 0 Å². The molecule has 88 valence electrons. The predicted octanol–water partition coefficient (Wildman–Crippen LogP) is 2.50. The van der Waals surface area contributed by atoms with Crippen LogP contribution in [0.25, 0.3) is 21.8 Å². The zero-order chi connectivity index (χ0) is 12.7. The number of fused-ring (bicyclic) bond motifs is 3. The van der Waals surface area contributed by atoms with Crippen LogP contribution < -0.4 is 5.36 Å². The Morgan fingerprint density at radius 1 is 1.00 bits per heavy atom. The van der Waals surface area contributed by atoms with Gasteiger partial charge in [0.2, 0.25) is 0 Å². The van der Waals surface area contributed by atoms with E-state index in [0.717, 1.165) is 11.0 Å². The molecule has 4 nitrogen and oxygen atoms in total. The number of hydrogen-bond acceptors (Lipinski definition) is 2. The number of H-pyrrole nitrogens is 1. The number of aromatic amines is 1. The van der Waals surface area contributed by atoms with Gasteiger partial charge < -0.3 is 15.5 Å². The number of rotatable bonds is 1. The van der Waals surface area contributed by atoms with Crippen molar-refractivity contribution in [1.29, 1.82) is 5.41 Å². The molecule has 0 atom stereocenters. The van der Waals surface area contributed by atoms with Crippen LogP contribution in [-0.4, -0.2) is 16.1 Å². The molecule has 0 amide bonds. The van der Waals surface area contributed by atoms with Crippen molar-refractivity contribution < 1.29 is 9.90 Å². The molecule has 0 bridgehead atoms. The summed E-state index contributed by atoms with van der Waals surface area (Å²) in [5, 5.41) is 18.8. The maximum absolute atomic E-state index is 11.3. The summed E-state index contributed by atoms with van der Waals surface area (Å²) in [5.74, 6) is -0.979. The zero-order valence-corrected chi connectivity index (χ0v) is 9.40. The van der Waals surface area contributed by atoms with Gasteiger partial charge in [-0.3, -0.25) is 0 Å². The third kappa shape index (κ3) is 1.39. The topological polar surface area (TPSA) is 76.9 Å². The van der Waals surface area contributed by atoms with E-state index in [1.54, 1.807) is 24.3 Å². The number of hydrogen-bond donors (Lipinski definition) is 3. The number of aromatic carboxylic acids is 1. The van der Waals surface area contributed by atoms with Gasteiger partial charge in [-0.1, -0.05) is 18.2 Å². The Morgan fingerprint density at radius 2 is 1.67 bits per heavy atom. The third-order valence-electron chi connectivity index (χ3n) is 2.99. The molecule has 0 spiro atoms. The van der Waals surface area contributed by atoms with E-state index in [9.17, 15) is 9.90 Å². The van der Waals surface area contributed by atoms with Gasteiger partial charge in [-0.25, -0.2) is 4.79 Å². The number of benzene rings is 1. The first-order chi connectivity index (χ1) is 8.68. The number of aromatic nitrogens is 1. The monoisotopic (exact) mass is 238 g/mol. The van der Waals surface area contributed by atoms with E-state index in [4.69, 9.17) is 5.41 Å². The second-order valence-electron chi connectivity index (χ2n) is 4.08. The first kappa shape index (κ1) is 10.5. The van der Waals surface area contributed by atoms with Crippen LogP contribution in [0.15, 0.2) is 42.5 Å². The summed E-state index contributed by atoms with van der Waals surface area (Å²) < 4.78 is 0. The molecule has 1 aromatic heterocycles. The molecule has 0 fully saturated rings. The van der Waals surface area contributed by atoms with Crippen LogP contribution in [0.4, 0.5) is 0 Å². The molecule has 0 saturated heterocycles. The van der Waals surface area contributed by atoms with Crippen molar-refractivity contribution in [3.63, 3.8) is 0 Å². The number of carbonyl (C=O) groups is 1. The quantitative estimate of drug-likeness (QED) is 0.609. The standard InChI is InChI=1S/C14H10N2O2/c15-9-5-1-2-6-11-13(9)12-8(14(17)18)4-3-7-10(12)16-11/h1-7,15-16H,(H,17,18). The highest BCUT2D eigenvalue weighted by Crippen LogP contribution is 2.25. The van der Waals surface area contributed by atoms with E-state index < -0.39 is 5.97 Å². The molecule has 18 heavy (non-hydrogen) atoms. The molecular weight excluding hydrogens is 228 g/mol. The lowest BCUT2D eigenvalue weighted by molar-refractivity contribution is 0.0699. The van der Waals surface area contributed by atoms with Crippen molar-refractivity contribution in [2.24, 2.45) is 0 Å². The van der Waals surface area contributed by atoms with Crippen LogP contribution in [0.5, 0.6) is 0 Å². The van der Waals surface area contributed by atoms with Gasteiger partial charge in [0.25, 0.3) is 0 Å². The predicted molar refractivity (Wildman–Crippen MR) is 68.6 cm³/mol. The lowest BCUT2D eigenvalue weighted by atomic mass is 10.1. The summed E-state index contributed by atoms with van der Waals surface area (Å²) in [4.78, 5) is 14.4. The fourth-order valence-corrected chi connectivity index (χ4v) is 2.24. The summed E-state index contributed by atoms with van der Waals surface area (Å²) in [6.07, 6.45) is 0. The maximum Gasteiger partial charge on any atom is 0.336 e. The molecule has 0 radical (unpaired) electrons. The Labute approximate surface area is 102 Å². The summed E-state index contributed by atoms with van der Waals surface area (Å²) in [7, 11) is 0. The van der Waals surface area contributed by atoms with Gasteiger partial charge in [-0.15, -0.1) is 0 Å². The minimum Gasteiger partial charge on any atom is -0.478 e. The minimum absolute atomic E-state index is 0.221. The van der Waals surface area contributed by atoms with Crippen LogP contribution >= 0.6 is 0 Å². The Morgan fingerprint density at radius 3 is 2.44 bits per heavy atom. The highest BCUT2D eigenvalue weighted by atomic mass is 16.4. The summed E-state index contributed by atoms with van der Waals surface area (Å²) in [5.41, 5.74) is 1.73. The SMILES string of the molecule is N=c1ccccc2[nH]c3cccc(C(=O)O)c3c12. The largest absolute Gasteiger partial charge is 0.478 e. The van der Waals surface area contributed by atoms with Gasteiger partial charge in [0.1, 0.15) is 0 Å².